The molecule has 3 heterocycles. The lowest BCUT2D eigenvalue weighted by Crippen LogP contribution is -2.38. The summed E-state index contributed by atoms with van der Waals surface area (Å²) in [6, 6.07) is 11.4. The van der Waals surface area contributed by atoms with Crippen LogP contribution in [0, 0.1) is 12.8 Å². The molecule has 1 N–H and O–H groups in total. The Bertz CT molecular complexity index is 1020. The highest BCUT2D eigenvalue weighted by molar-refractivity contribution is 5.93. The van der Waals surface area contributed by atoms with E-state index in [0.29, 0.717) is 30.6 Å². The summed E-state index contributed by atoms with van der Waals surface area (Å²) in [7, 11) is 0. The first-order chi connectivity index (χ1) is 16.0. The number of likely N-dealkylation sites (tertiary alicyclic amines) is 1. The zero-order valence-corrected chi connectivity index (χ0v) is 20.0. The maximum absolute atomic E-state index is 12.7. The van der Waals surface area contributed by atoms with E-state index in [2.05, 4.69) is 58.6 Å². The molecule has 1 aliphatic heterocycles. The first kappa shape index (κ1) is 23.2. The molecule has 0 saturated carbocycles. The molecule has 0 radical (unpaired) electrons. The normalized spacial score (nSPS) is 15.3. The molecule has 33 heavy (non-hydrogen) atoms. The molecule has 3 aromatic rings. The summed E-state index contributed by atoms with van der Waals surface area (Å²) in [6.07, 6.45) is 8.08. The summed E-state index contributed by atoms with van der Waals surface area (Å²) >= 11 is 0. The van der Waals surface area contributed by atoms with Crippen molar-refractivity contribution in [1.82, 2.24) is 25.2 Å². The van der Waals surface area contributed by atoms with Crippen LogP contribution in [0.15, 0.2) is 47.2 Å². The lowest BCUT2D eigenvalue weighted by Gasteiger charge is -2.34. The van der Waals surface area contributed by atoms with Crippen molar-refractivity contribution in [2.75, 3.05) is 19.6 Å². The molecule has 1 aliphatic rings. The number of aromatic nitrogens is 3. The van der Waals surface area contributed by atoms with E-state index in [0.717, 1.165) is 24.3 Å². The highest BCUT2D eigenvalue weighted by Crippen LogP contribution is 2.23. The van der Waals surface area contributed by atoms with E-state index in [1.165, 1.54) is 37.1 Å². The summed E-state index contributed by atoms with van der Waals surface area (Å²) in [4.78, 5) is 15.2. The van der Waals surface area contributed by atoms with Crippen LogP contribution in [0.25, 0.3) is 0 Å². The van der Waals surface area contributed by atoms with Crippen molar-refractivity contribution in [3.63, 3.8) is 0 Å². The van der Waals surface area contributed by atoms with Crippen molar-refractivity contribution in [2.24, 2.45) is 5.92 Å². The van der Waals surface area contributed by atoms with Gasteiger partial charge in [-0.05, 0) is 82.7 Å². The number of amides is 1. The maximum Gasteiger partial charge on any atom is 0.273 e. The van der Waals surface area contributed by atoms with Gasteiger partial charge in [0.2, 0.25) is 0 Å². The highest BCUT2D eigenvalue weighted by atomic mass is 16.5. The number of hydrogen-bond donors (Lipinski definition) is 1. The monoisotopic (exact) mass is 449 g/mol. The van der Waals surface area contributed by atoms with Crippen LogP contribution in [0.1, 0.15) is 59.6 Å². The lowest BCUT2D eigenvalue weighted by atomic mass is 9.89. The third-order valence-electron chi connectivity index (χ3n) is 6.71. The van der Waals surface area contributed by atoms with Crippen molar-refractivity contribution >= 4 is 5.91 Å². The summed E-state index contributed by atoms with van der Waals surface area (Å²) < 4.78 is 7.02. The minimum absolute atomic E-state index is 0.210. The number of carbonyl (C=O) groups excluding carboxylic acids is 1. The van der Waals surface area contributed by atoms with Crippen LogP contribution in [0.2, 0.25) is 0 Å². The Balaban J connectivity index is 1.24. The molecular weight excluding hydrogens is 414 g/mol. The third kappa shape index (κ3) is 6.11. The van der Waals surface area contributed by atoms with Crippen molar-refractivity contribution in [1.29, 1.82) is 0 Å². The number of nitrogens with zero attached hydrogens (tertiary/aromatic N) is 4. The van der Waals surface area contributed by atoms with E-state index in [4.69, 9.17) is 4.52 Å². The van der Waals surface area contributed by atoms with E-state index < -0.39 is 0 Å². The largest absolute Gasteiger partial charge is 0.361 e. The quantitative estimate of drug-likeness (QED) is 0.537. The van der Waals surface area contributed by atoms with Crippen LogP contribution in [0.4, 0.5) is 0 Å². The average Bonchev–Trinajstić information content (AvgIpc) is 3.46. The van der Waals surface area contributed by atoms with Crippen LogP contribution in [-0.2, 0) is 19.4 Å². The first-order valence-corrected chi connectivity index (χ1v) is 12.0. The number of hydrogen-bond acceptors (Lipinski definition) is 5. The third-order valence-corrected chi connectivity index (χ3v) is 6.71. The molecule has 0 atom stereocenters. The fraction of sp³-hybridized carbons (Fsp3) is 0.500. The second kappa shape index (κ2) is 10.8. The molecule has 0 spiro atoms. The van der Waals surface area contributed by atoms with Gasteiger partial charge in [-0.3, -0.25) is 9.48 Å². The fourth-order valence-electron chi connectivity index (χ4n) is 4.56. The van der Waals surface area contributed by atoms with Gasteiger partial charge >= 0.3 is 0 Å². The molecule has 176 valence electrons. The zero-order chi connectivity index (χ0) is 23.2. The van der Waals surface area contributed by atoms with Gasteiger partial charge in [0.25, 0.3) is 5.91 Å². The SMILES string of the molecule is Cc1onc(C(=O)NCCc2ccc(CC3CCN(C(C)C)CC3)cc2)c1Cn1cccn1. The standard InChI is InChI=1S/C26H35N5O2/c1-19(2)30-15-10-23(11-16-30)17-22-7-5-21(6-8-22)9-13-27-26(32)25-24(20(3)33-29-25)18-31-14-4-12-28-31/h4-8,12,14,19,23H,9-11,13,15-18H2,1-3H3,(H,27,32). The average molecular weight is 450 g/mol. The first-order valence-electron chi connectivity index (χ1n) is 12.0. The fourth-order valence-corrected chi connectivity index (χ4v) is 4.56. The van der Waals surface area contributed by atoms with Crippen LogP contribution < -0.4 is 5.32 Å². The van der Waals surface area contributed by atoms with Gasteiger partial charge in [0.1, 0.15) is 5.76 Å². The van der Waals surface area contributed by atoms with Gasteiger partial charge in [-0.2, -0.15) is 5.10 Å². The Hall–Kier alpha value is -2.93. The predicted octanol–water partition coefficient (Wildman–Crippen LogP) is 3.86. The van der Waals surface area contributed by atoms with Crippen LogP contribution in [0.3, 0.4) is 0 Å². The highest BCUT2D eigenvalue weighted by Gasteiger charge is 2.21. The molecule has 4 rings (SSSR count). The van der Waals surface area contributed by atoms with Gasteiger partial charge in [-0.15, -0.1) is 0 Å². The molecular formula is C26H35N5O2. The van der Waals surface area contributed by atoms with Gasteiger partial charge in [0, 0.05) is 30.5 Å². The van der Waals surface area contributed by atoms with Gasteiger partial charge in [0.15, 0.2) is 5.69 Å². The smallest absolute Gasteiger partial charge is 0.273 e. The van der Waals surface area contributed by atoms with Crippen LogP contribution >= 0.6 is 0 Å². The topological polar surface area (TPSA) is 76.2 Å². The van der Waals surface area contributed by atoms with Crippen molar-refractivity contribution in [2.45, 2.75) is 59.0 Å². The number of benzene rings is 1. The molecule has 1 aromatic carbocycles. The van der Waals surface area contributed by atoms with Gasteiger partial charge in [0.05, 0.1) is 6.54 Å². The van der Waals surface area contributed by atoms with E-state index >= 15 is 0 Å². The molecule has 7 nitrogen and oxygen atoms in total. The summed E-state index contributed by atoms with van der Waals surface area (Å²) in [5.74, 6) is 1.21. The Labute approximate surface area is 196 Å². The Morgan fingerprint density at radius 3 is 2.58 bits per heavy atom. The van der Waals surface area contributed by atoms with E-state index in [9.17, 15) is 4.79 Å². The van der Waals surface area contributed by atoms with E-state index in [1.807, 2.05) is 19.2 Å². The number of nitrogens with one attached hydrogen (secondary N) is 1. The molecule has 7 heteroatoms. The molecule has 1 fully saturated rings. The van der Waals surface area contributed by atoms with Crippen LogP contribution in [0.5, 0.6) is 0 Å². The second-order valence-electron chi connectivity index (χ2n) is 9.37. The predicted molar refractivity (Wildman–Crippen MR) is 128 cm³/mol. The second-order valence-corrected chi connectivity index (χ2v) is 9.37. The van der Waals surface area contributed by atoms with Crippen LogP contribution in [-0.4, -0.2) is 51.4 Å². The molecule has 0 aliphatic carbocycles. The van der Waals surface area contributed by atoms with E-state index in [1.54, 1.807) is 10.9 Å². The summed E-state index contributed by atoms with van der Waals surface area (Å²) in [5.41, 5.74) is 3.73. The minimum atomic E-state index is -0.210. The Morgan fingerprint density at radius 2 is 1.91 bits per heavy atom. The number of carbonyl (C=O) groups is 1. The summed E-state index contributed by atoms with van der Waals surface area (Å²) in [6.45, 7) is 9.84. The molecule has 1 saturated heterocycles. The molecule has 0 unspecified atom stereocenters. The maximum atomic E-state index is 12.7. The van der Waals surface area contributed by atoms with Crippen molar-refractivity contribution in [3.05, 3.63) is 70.9 Å². The van der Waals surface area contributed by atoms with E-state index in [-0.39, 0.29) is 5.91 Å². The van der Waals surface area contributed by atoms with Gasteiger partial charge < -0.3 is 14.7 Å². The molecule has 0 bridgehead atoms. The minimum Gasteiger partial charge on any atom is -0.361 e. The Morgan fingerprint density at radius 1 is 1.18 bits per heavy atom. The van der Waals surface area contributed by atoms with Gasteiger partial charge in [-0.1, -0.05) is 29.4 Å². The van der Waals surface area contributed by atoms with Gasteiger partial charge in [-0.25, -0.2) is 0 Å². The van der Waals surface area contributed by atoms with Crippen molar-refractivity contribution in [3.8, 4) is 0 Å². The lowest BCUT2D eigenvalue weighted by molar-refractivity contribution is 0.0944. The molecule has 2 aromatic heterocycles. The zero-order valence-electron chi connectivity index (χ0n) is 20.0. The van der Waals surface area contributed by atoms with Crippen molar-refractivity contribution < 1.29 is 9.32 Å². The molecule has 1 amide bonds. The summed E-state index contributed by atoms with van der Waals surface area (Å²) in [5, 5.41) is 11.2. The number of aryl methyl sites for hydroxylation is 1. The number of rotatable bonds is 9. The Kier molecular flexibility index (Phi) is 7.60. The number of piperidine rings is 1.